The van der Waals surface area contributed by atoms with Crippen molar-refractivity contribution in [1.82, 2.24) is 20.2 Å². The van der Waals surface area contributed by atoms with Gasteiger partial charge < -0.3 is 15.2 Å². The van der Waals surface area contributed by atoms with Gasteiger partial charge >= 0.3 is 0 Å². The summed E-state index contributed by atoms with van der Waals surface area (Å²) in [5, 5.41) is 12.7. The van der Waals surface area contributed by atoms with Crippen LogP contribution in [0.3, 0.4) is 0 Å². The summed E-state index contributed by atoms with van der Waals surface area (Å²) in [6, 6.07) is 9.78. The van der Waals surface area contributed by atoms with Crippen LogP contribution < -0.4 is 5.32 Å². The van der Waals surface area contributed by atoms with Gasteiger partial charge in [0, 0.05) is 49.5 Å². The molecular formula is C20H22N4O3S. The Morgan fingerprint density at radius 3 is 3.00 bits per heavy atom. The maximum atomic E-state index is 12.7. The van der Waals surface area contributed by atoms with E-state index in [0.29, 0.717) is 18.0 Å². The maximum absolute atomic E-state index is 12.7. The fourth-order valence-corrected chi connectivity index (χ4v) is 4.54. The number of nitrogens with zero attached hydrogens (tertiary/aromatic N) is 3. The lowest BCUT2D eigenvalue weighted by atomic mass is 10.0. The summed E-state index contributed by atoms with van der Waals surface area (Å²) in [5.41, 5.74) is 1.90. The molecule has 7 nitrogen and oxygen atoms in total. The number of amides is 1. The minimum absolute atomic E-state index is 0.0952. The van der Waals surface area contributed by atoms with Crippen LogP contribution in [0.4, 0.5) is 0 Å². The second kappa shape index (κ2) is 8.74. The van der Waals surface area contributed by atoms with Crippen LogP contribution in [0.25, 0.3) is 10.2 Å². The molecule has 8 heteroatoms. The molecule has 1 saturated heterocycles. The predicted octanol–water partition coefficient (Wildman–Crippen LogP) is 1.99. The van der Waals surface area contributed by atoms with Gasteiger partial charge in [-0.2, -0.15) is 0 Å². The van der Waals surface area contributed by atoms with Gasteiger partial charge in [0.25, 0.3) is 5.91 Å². The highest BCUT2D eigenvalue weighted by Crippen LogP contribution is 2.37. The number of carbonyl (C=O) groups is 1. The molecule has 1 atom stereocenters. The standard InChI is InChI=1S/C20H22N4O3S/c25-10-8-22-19(26)18-17(15-5-3-7-23-20(15)28-18)16-13-24(9-11-27-16)12-14-4-1-2-6-21-14/h1-7,16,25H,8-13H2,(H,22,26)/t16-/m0/s1. The van der Waals surface area contributed by atoms with Crippen molar-refractivity contribution >= 4 is 27.5 Å². The lowest BCUT2D eigenvalue weighted by molar-refractivity contribution is -0.0326. The number of aliphatic hydroxyl groups excluding tert-OH is 1. The van der Waals surface area contributed by atoms with Gasteiger partial charge in [-0.25, -0.2) is 4.98 Å². The van der Waals surface area contributed by atoms with Gasteiger partial charge in [0.2, 0.25) is 0 Å². The Kier molecular flexibility index (Phi) is 5.92. The van der Waals surface area contributed by atoms with Gasteiger partial charge in [0.15, 0.2) is 0 Å². The minimum atomic E-state index is -0.217. The Labute approximate surface area is 167 Å². The highest BCUT2D eigenvalue weighted by Gasteiger charge is 2.30. The zero-order chi connectivity index (χ0) is 19.3. The van der Waals surface area contributed by atoms with Crippen LogP contribution in [0.5, 0.6) is 0 Å². The number of ether oxygens (including phenoxy) is 1. The van der Waals surface area contributed by atoms with Gasteiger partial charge in [0.05, 0.1) is 25.0 Å². The van der Waals surface area contributed by atoms with Crippen molar-refractivity contribution in [3.63, 3.8) is 0 Å². The number of morpholine rings is 1. The number of carbonyl (C=O) groups excluding carboxylic acids is 1. The van der Waals surface area contributed by atoms with Gasteiger partial charge in [0.1, 0.15) is 9.71 Å². The summed E-state index contributed by atoms with van der Waals surface area (Å²) in [6.45, 7) is 2.95. The van der Waals surface area contributed by atoms with Crippen LogP contribution in [-0.4, -0.2) is 58.7 Å². The van der Waals surface area contributed by atoms with E-state index in [0.717, 1.165) is 34.6 Å². The molecule has 3 aromatic heterocycles. The van der Waals surface area contributed by atoms with Crippen molar-refractivity contribution in [2.24, 2.45) is 0 Å². The molecule has 4 rings (SSSR count). The quantitative estimate of drug-likeness (QED) is 0.660. The number of thiophene rings is 1. The maximum Gasteiger partial charge on any atom is 0.261 e. The molecule has 4 heterocycles. The first-order valence-electron chi connectivity index (χ1n) is 9.26. The molecule has 1 fully saturated rings. The fraction of sp³-hybridized carbons (Fsp3) is 0.350. The Morgan fingerprint density at radius 2 is 2.18 bits per heavy atom. The molecular weight excluding hydrogens is 376 g/mol. The predicted molar refractivity (Wildman–Crippen MR) is 107 cm³/mol. The van der Waals surface area contributed by atoms with Crippen molar-refractivity contribution in [2.45, 2.75) is 12.6 Å². The second-order valence-electron chi connectivity index (χ2n) is 6.60. The smallest absolute Gasteiger partial charge is 0.261 e. The van der Waals surface area contributed by atoms with E-state index in [1.807, 2.05) is 30.3 Å². The average Bonchev–Trinajstić information content (AvgIpc) is 3.13. The third kappa shape index (κ3) is 4.05. The normalized spacial score (nSPS) is 17.7. The van der Waals surface area contributed by atoms with Gasteiger partial charge in [-0.3, -0.25) is 14.7 Å². The Morgan fingerprint density at radius 1 is 1.29 bits per heavy atom. The fourth-order valence-electron chi connectivity index (χ4n) is 3.43. The lowest BCUT2D eigenvalue weighted by Crippen LogP contribution is -2.38. The molecule has 0 radical (unpaired) electrons. The minimum Gasteiger partial charge on any atom is -0.395 e. The van der Waals surface area contributed by atoms with E-state index in [-0.39, 0.29) is 25.2 Å². The first kappa shape index (κ1) is 18.9. The largest absolute Gasteiger partial charge is 0.395 e. The highest BCUT2D eigenvalue weighted by atomic mass is 32.1. The van der Waals surface area contributed by atoms with Crippen molar-refractivity contribution < 1.29 is 14.6 Å². The number of aromatic nitrogens is 2. The topological polar surface area (TPSA) is 87.6 Å². The zero-order valence-corrected chi connectivity index (χ0v) is 16.2. The van der Waals surface area contributed by atoms with Crippen LogP contribution in [-0.2, 0) is 11.3 Å². The second-order valence-corrected chi connectivity index (χ2v) is 7.60. The molecule has 1 aliphatic heterocycles. The Hall–Kier alpha value is -2.39. The van der Waals surface area contributed by atoms with Gasteiger partial charge in [-0.1, -0.05) is 12.1 Å². The van der Waals surface area contributed by atoms with Crippen LogP contribution >= 0.6 is 11.3 Å². The van der Waals surface area contributed by atoms with E-state index in [4.69, 9.17) is 9.84 Å². The molecule has 1 aliphatic rings. The third-order valence-electron chi connectivity index (χ3n) is 4.69. The molecule has 3 aromatic rings. The number of hydrogen-bond donors (Lipinski definition) is 2. The van der Waals surface area contributed by atoms with Crippen molar-refractivity contribution in [1.29, 1.82) is 0 Å². The number of fused-ring (bicyclic) bond motifs is 1. The number of aliphatic hydroxyl groups is 1. The van der Waals surface area contributed by atoms with E-state index >= 15 is 0 Å². The molecule has 0 aromatic carbocycles. The molecule has 0 bridgehead atoms. The summed E-state index contributed by atoms with van der Waals surface area (Å²) in [7, 11) is 0. The van der Waals surface area contributed by atoms with Crippen molar-refractivity contribution in [2.75, 3.05) is 32.8 Å². The average molecular weight is 398 g/mol. The van der Waals surface area contributed by atoms with E-state index in [2.05, 4.69) is 20.2 Å². The van der Waals surface area contributed by atoms with Crippen LogP contribution in [0.15, 0.2) is 42.7 Å². The SMILES string of the molecule is O=C(NCCO)c1sc2ncccc2c1[C@@H]1CN(Cc2ccccn2)CCO1. The molecule has 146 valence electrons. The number of nitrogens with one attached hydrogen (secondary N) is 1. The number of hydrogen-bond acceptors (Lipinski definition) is 7. The first-order valence-corrected chi connectivity index (χ1v) is 10.1. The number of pyridine rings is 2. The zero-order valence-electron chi connectivity index (χ0n) is 15.4. The van der Waals surface area contributed by atoms with Crippen molar-refractivity contribution in [3.05, 3.63) is 58.9 Å². The summed E-state index contributed by atoms with van der Waals surface area (Å²) < 4.78 is 6.08. The highest BCUT2D eigenvalue weighted by molar-refractivity contribution is 7.20. The Balaban J connectivity index is 1.62. The van der Waals surface area contributed by atoms with Crippen LogP contribution in [0.1, 0.15) is 27.0 Å². The molecule has 0 saturated carbocycles. The van der Waals surface area contributed by atoms with E-state index in [1.165, 1.54) is 11.3 Å². The monoisotopic (exact) mass is 398 g/mol. The first-order chi connectivity index (χ1) is 13.8. The summed E-state index contributed by atoms with van der Waals surface area (Å²) >= 11 is 1.37. The molecule has 1 amide bonds. The molecule has 0 spiro atoms. The van der Waals surface area contributed by atoms with Crippen molar-refractivity contribution in [3.8, 4) is 0 Å². The molecule has 0 aliphatic carbocycles. The Bertz CT molecular complexity index is 947. The molecule has 28 heavy (non-hydrogen) atoms. The van der Waals surface area contributed by atoms with Gasteiger partial charge in [-0.05, 0) is 18.2 Å². The summed E-state index contributed by atoms with van der Waals surface area (Å²) in [4.78, 5) is 25.2. The van der Waals surface area contributed by atoms with Crippen LogP contribution in [0.2, 0.25) is 0 Å². The van der Waals surface area contributed by atoms with Gasteiger partial charge in [-0.15, -0.1) is 11.3 Å². The summed E-state index contributed by atoms with van der Waals surface area (Å²) in [5.74, 6) is -0.197. The molecule has 2 N–H and O–H groups in total. The van der Waals surface area contributed by atoms with E-state index in [9.17, 15) is 4.79 Å². The lowest BCUT2D eigenvalue weighted by Gasteiger charge is -2.33. The van der Waals surface area contributed by atoms with E-state index < -0.39 is 0 Å². The third-order valence-corrected chi connectivity index (χ3v) is 5.82. The molecule has 0 unspecified atom stereocenters. The van der Waals surface area contributed by atoms with Crippen LogP contribution in [0, 0.1) is 0 Å². The number of rotatable bonds is 6. The van der Waals surface area contributed by atoms with E-state index in [1.54, 1.807) is 12.4 Å². The summed E-state index contributed by atoms with van der Waals surface area (Å²) in [6.07, 6.45) is 3.31.